The van der Waals surface area contributed by atoms with Gasteiger partial charge in [-0.2, -0.15) is 0 Å². The number of Topliss-reactive ketones (excluding diaryl/α,β-unsaturated/α-hetero) is 1. The van der Waals surface area contributed by atoms with Crippen molar-refractivity contribution in [3.63, 3.8) is 0 Å². The first kappa shape index (κ1) is 7.97. The highest BCUT2D eigenvalue weighted by Gasteiger charge is 2.21. The first-order valence-corrected chi connectivity index (χ1v) is 3.33. The molecule has 1 fully saturated rings. The minimum Gasteiger partial charge on any atom is -0.305 e. The van der Waals surface area contributed by atoms with Gasteiger partial charge in [-0.05, 0) is 0 Å². The van der Waals surface area contributed by atoms with Crippen LogP contribution in [0, 0.1) is 0 Å². The fourth-order valence-electron chi connectivity index (χ4n) is 0.987. The van der Waals surface area contributed by atoms with Gasteiger partial charge in [0.1, 0.15) is 5.78 Å². The lowest BCUT2D eigenvalue weighted by Gasteiger charge is -2.22. The van der Waals surface area contributed by atoms with Crippen LogP contribution in [0.4, 0.5) is 9.32 Å². The standard InChI is InChI=1S/C6H8FNO3/c7-11-6(10)8-3-1-5(9)2-4-8/h1-4H2. The number of rotatable bonds is 0. The fourth-order valence-corrected chi connectivity index (χ4v) is 0.987. The molecule has 4 nitrogen and oxygen atoms in total. The highest BCUT2D eigenvalue weighted by Crippen LogP contribution is 2.06. The second-order valence-electron chi connectivity index (χ2n) is 2.37. The summed E-state index contributed by atoms with van der Waals surface area (Å²) in [5.74, 6) is 0.105. The molecule has 1 saturated heterocycles. The van der Waals surface area contributed by atoms with Crippen LogP contribution in [0.15, 0.2) is 0 Å². The van der Waals surface area contributed by atoms with Crippen LogP contribution in [0.25, 0.3) is 0 Å². The van der Waals surface area contributed by atoms with Gasteiger partial charge >= 0.3 is 6.09 Å². The average Bonchev–Trinajstić information content (AvgIpc) is 2.05. The summed E-state index contributed by atoms with van der Waals surface area (Å²) in [5, 5.41) is 0. The summed E-state index contributed by atoms with van der Waals surface area (Å²) in [6.45, 7) is 0.531. The second-order valence-corrected chi connectivity index (χ2v) is 2.37. The SMILES string of the molecule is O=C1CCN(C(=O)OF)CC1. The van der Waals surface area contributed by atoms with Crippen molar-refractivity contribution in [1.29, 1.82) is 0 Å². The van der Waals surface area contributed by atoms with E-state index >= 15 is 0 Å². The molecule has 0 aromatic carbocycles. The zero-order valence-electron chi connectivity index (χ0n) is 5.88. The van der Waals surface area contributed by atoms with Crippen molar-refractivity contribution in [3.8, 4) is 0 Å². The minimum absolute atomic E-state index is 0.105. The largest absolute Gasteiger partial charge is 0.447 e. The third-order valence-electron chi connectivity index (χ3n) is 1.65. The number of hydrogen-bond donors (Lipinski definition) is 0. The first-order valence-electron chi connectivity index (χ1n) is 3.33. The van der Waals surface area contributed by atoms with Crippen molar-refractivity contribution >= 4 is 11.9 Å². The quantitative estimate of drug-likeness (QED) is 0.524. The summed E-state index contributed by atoms with van der Waals surface area (Å²) in [6, 6.07) is 0. The lowest BCUT2D eigenvalue weighted by molar-refractivity contribution is -0.122. The Morgan fingerprint density at radius 1 is 1.45 bits per heavy atom. The highest BCUT2D eigenvalue weighted by atomic mass is 19.3. The molecule has 0 radical (unpaired) electrons. The molecule has 1 aliphatic rings. The Balaban J connectivity index is 2.39. The summed E-state index contributed by atoms with van der Waals surface area (Å²) in [4.78, 5) is 25.3. The van der Waals surface area contributed by atoms with Crippen LogP contribution in [0.5, 0.6) is 0 Å². The predicted octanol–water partition coefficient (Wildman–Crippen LogP) is 0.672. The molecule has 1 rings (SSSR count). The predicted molar refractivity (Wildman–Crippen MR) is 33.4 cm³/mol. The smallest absolute Gasteiger partial charge is 0.305 e. The van der Waals surface area contributed by atoms with Crippen LogP contribution in [-0.2, 0) is 9.74 Å². The molecule has 0 bridgehead atoms. The Labute approximate surface area is 62.8 Å². The Bertz CT molecular complexity index is 173. The molecular formula is C6H8FNO3. The molecular weight excluding hydrogens is 153 g/mol. The number of amides is 1. The average molecular weight is 161 g/mol. The van der Waals surface area contributed by atoms with E-state index in [9.17, 15) is 14.1 Å². The summed E-state index contributed by atoms with van der Waals surface area (Å²) in [7, 11) is 0. The fraction of sp³-hybridized carbons (Fsp3) is 0.667. The minimum atomic E-state index is -1.00. The lowest BCUT2D eigenvalue weighted by Crippen LogP contribution is -2.37. The molecule has 0 saturated carbocycles. The van der Waals surface area contributed by atoms with Crippen molar-refractivity contribution in [2.45, 2.75) is 12.8 Å². The lowest BCUT2D eigenvalue weighted by atomic mass is 10.1. The number of carbonyl (C=O) groups excluding carboxylic acids is 2. The highest BCUT2D eigenvalue weighted by molar-refractivity contribution is 5.81. The van der Waals surface area contributed by atoms with E-state index in [1.807, 2.05) is 0 Å². The molecule has 1 heterocycles. The number of piperidine rings is 1. The molecule has 0 aromatic rings. The van der Waals surface area contributed by atoms with Crippen LogP contribution in [0.1, 0.15) is 12.8 Å². The summed E-state index contributed by atoms with van der Waals surface area (Å²) in [5.41, 5.74) is 0. The number of ketones is 1. The van der Waals surface area contributed by atoms with Gasteiger partial charge in [-0.15, -0.1) is 0 Å². The van der Waals surface area contributed by atoms with Crippen molar-refractivity contribution in [2.75, 3.05) is 13.1 Å². The molecule has 0 N–H and O–H groups in total. The molecule has 62 valence electrons. The molecule has 0 atom stereocenters. The van der Waals surface area contributed by atoms with Crippen molar-refractivity contribution in [3.05, 3.63) is 0 Å². The van der Waals surface area contributed by atoms with Crippen LogP contribution in [0.2, 0.25) is 0 Å². The second kappa shape index (κ2) is 3.32. The van der Waals surface area contributed by atoms with E-state index in [4.69, 9.17) is 0 Å². The van der Waals surface area contributed by atoms with Gasteiger partial charge in [-0.3, -0.25) is 4.79 Å². The van der Waals surface area contributed by atoms with Crippen LogP contribution >= 0.6 is 0 Å². The maximum Gasteiger partial charge on any atom is 0.447 e. The molecule has 1 amide bonds. The van der Waals surface area contributed by atoms with Gasteiger partial charge < -0.3 is 4.90 Å². The van der Waals surface area contributed by atoms with Crippen molar-refractivity contribution in [2.24, 2.45) is 0 Å². The normalized spacial score (nSPS) is 18.3. The monoisotopic (exact) mass is 161 g/mol. The van der Waals surface area contributed by atoms with Gasteiger partial charge in [0.25, 0.3) is 0 Å². The Morgan fingerprint density at radius 3 is 2.45 bits per heavy atom. The van der Waals surface area contributed by atoms with E-state index in [-0.39, 0.29) is 18.9 Å². The maximum atomic E-state index is 11.3. The van der Waals surface area contributed by atoms with Crippen molar-refractivity contribution in [1.82, 2.24) is 4.90 Å². The molecule has 0 aliphatic carbocycles. The van der Waals surface area contributed by atoms with E-state index in [1.165, 1.54) is 4.90 Å². The number of nitrogens with zero attached hydrogens (tertiary/aromatic N) is 1. The third kappa shape index (κ3) is 1.89. The summed E-state index contributed by atoms with van der Waals surface area (Å²) in [6.07, 6.45) is -0.401. The molecule has 5 heteroatoms. The molecule has 0 spiro atoms. The zero-order valence-corrected chi connectivity index (χ0v) is 5.88. The van der Waals surface area contributed by atoms with Gasteiger partial charge in [-0.25, -0.2) is 9.74 Å². The van der Waals surface area contributed by atoms with Crippen LogP contribution < -0.4 is 0 Å². The zero-order chi connectivity index (χ0) is 8.27. The Hall–Kier alpha value is -1.13. The molecule has 0 aromatic heterocycles. The van der Waals surface area contributed by atoms with E-state index in [1.54, 1.807) is 0 Å². The van der Waals surface area contributed by atoms with E-state index in [0.29, 0.717) is 12.8 Å². The first-order chi connectivity index (χ1) is 5.24. The van der Waals surface area contributed by atoms with E-state index in [2.05, 4.69) is 4.94 Å². The maximum absolute atomic E-state index is 11.3. The molecule has 11 heavy (non-hydrogen) atoms. The van der Waals surface area contributed by atoms with Gasteiger partial charge in [0.15, 0.2) is 0 Å². The van der Waals surface area contributed by atoms with E-state index in [0.717, 1.165) is 0 Å². The third-order valence-corrected chi connectivity index (χ3v) is 1.65. The number of halogens is 1. The Kier molecular flexibility index (Phi) is 2.40. The van der Waals surface area contributed by atoms with E-state index < -0.39 is 6.09 Å². The summed E-state index contributed by atoms with van der Waals surface area (Å²) >= 11 is 0. The van der Waals surface area contributed by atoms with Crippen LogP contribution in [-0.4, -0.2) is 29.9 Å². The summed E-state index contributed by atoms with van der Waals surface area (Å²) < 4.78 is 11.3. The van der Waals surface area contributed by atoms with Gasteiger partial charge in [0, 0.05) is 30.5 Å². The van der Waals surface area contributed by atoms with Gasteiger partial charge in [-0.1, -0.05) is 0 Å². The Morgan fingerprint density at radius 2 is 2.00 bits per heavy atom. The van der Waals surface area contributed by atoms with Crippen LogP contribution in [0.3, 0.4) is 0 Å². The van der Waals surface area contributed by atoms with Gasteiger partial charge in [0.05, 0.1) is 0 Å². The topological polar surface area (TPSA) is 46.6 Å². The molecule has 1 aliphatic heterocycles. The van der Waals surface area contributed by atoms with Gasteiger partial charge in [0.2, 0.25) is 0 Å². The number of carbonyl (C=O) groups is 2. The molecule has 0 unspecified atom stereocenters. The number of hydrogen-bond acceptors (Lipinski definition) is 3. The van der Waals surface area contributed by atoms with Crippen molar-refractivity contribution < 1.29 is 19.1 Å². The number of likely N-dealkylation sites (tertiary alicyclic amines) is 1.